The van der Waals surface area contributed by atoms with Gasteiger partial charge in [0, 0.05) is 0 Å². The fourth-order valence-electron chi connectivity index (χ4n) is 1.01. The van der Waals surface area contributed by atoms with Crippen molar-refractivity contribution in [1.82, 2.24) is 4.98 Å². The first-order chi connectivity index (χ1) is 7.52. The average Bonchev–Trinajstić information content (AvgIpc) is 2.08. The fourth-order valence-corrected chi connectivity index (χ4v) is 2.46. The minimum atomic E-state index is -4.89. The molecular weight excluding hydrogens is 376 g/mol. The van der Waals surface area contributed by atoms with E-state index in [0.29, 0.717) is 0 Å². The van der Waals surface area contributed by atoms with E-state index >= 15 is 0 Å². The van der Waals surface area contributed by atoms with Crippen LogP contribution in [0.15, 0.2) is 11.1 Å². The van der Waals surface area contributed by atoms with Crippen LogP contribution in [0.1, 0.15) is 5.56 Å². The van der Waals surface area contributed by atoms with E-state index in [9.17, 15) is 21.6 Å². The Hall–Kier alpha value is -0.620. The number of primary sulfonamides is 1. The minimum absolute atomic E-state index is 0.0577. The second kappa shape index (κ2) is 4.57. The van der Waals surface area contributed by atoms with Crippen LogP contribution in [-0.2, 0) is 10.0 Å². The number of aromatic nitrogens is 1. The van der Waals surface area contributed by atoms with E-state index in [2.05, 4.69) is 9.72 Å². The Kier molecular flexibility index (Phi) is 3.88. The Bertz CT molecular complexity index is 544. The van der Waals surface area contributed by atoms with Gasteiger partial charge >= 0.3 is 6.36 Å². The van der Waals surface area contributed by atoms with E-state index in [-0.39, 0.29) is 14.0 Å². The maximum atomic E-state index is 12.0. The summed E-state index contributed by atoms with van der Waals surface area (Å²) in [6.07, 6.45) is -4.16. The van der Waals surface area contributed by atoms with Crippen LogP contribution in [0.2, 0.25) is 0 Å². The fraction of sp³-hybridized carbons (Fsp3) is 0.286. The number of ether oxygens (including phenoxy) is 1. The van der Waals surface area contributed by atoms with Gasteiger partial charge in [0.1, 0.15) is 4.90 Å². The predicted molar refractivity (Wildman–Crippen MR) is 59.7 cm³/mol. The Balaban J connectivity index is 3.30. The number of pyridine rings is 1. The van der Waals surface area contributed by atoms with Crippen molar-refractivity contribution in [2.24, 2.45) is 5.14 Å². The van der Waals surface area contributed by atoms with Gasteiger partial charge in [0.2, 0.25) is 15.9 Å². The summed E-state index contributed by atoms with van der Waals surface area (Å²) in [5, 5.41) is 4.87. The molecule has 0 aliphatic rings. The van der Waals surface area contributed by atoms with Gasteiger partial charge in [-0.1, -0.05) is 0 Å². The molecule has 0 aliphatic carbocycles. The molecular formula is C7H6F3IN2O3S. The molecule has 0 spiro atoms. The zero-order chi connectivity index (χ0) is 13.4. The highest BCUT2D eigenvalue weighted by atomic mass is 127. The van der Waals surface area contributed by atoms with Crippen molar-refractivity contribution in [2.45, 2.75) is 18.2 Å². The van der Waals surface area contributed by atoms with Crippen LogP contribution in [0, 0.1) is 10.5 Å². The molecule has 5 nitrogen and oxygen atoms in total. The van der Waals surface area contributed by atoms with Crippen LogP contribution in [0.25, 0.3) is 0 Å². The molecule has 1 rings (SSSR count). The average molecular weight is 382 g/mol. The molecule has 17 heavy (non-hydrogen) atoms. The van der Waals surface area contributed by atoms with Gasteiger partial charge < -0.3 is 4.74 Å². The summed E-state index contributed by atoms with van der Waals surface area (Å²) in [4.78, 5) is 2.95. The lowest BCUT2D eigenvalue weighted by atomic mass is 10.3. The van der Waals surface area contributed by atoms with Gasteiger partial charge in [-0.3, -0.25) is 0 Å². The molecule has 10 heteroatoms. The number of nitrogens with zero attached hydrogens (tertiary/aromatic N) is 1. The first kappa shape index (κ1) is 14.4. The molecule has 1 heterocycles. The van der Waals surface area contributed by atoms with E-state index < -0.39 is 22.3 Å². The van der Waals surface area contributed by atoms with Crippen LogP contribution in [0.4, 0.5) is 13.2 Å². The highest BCUT2D eigenvalue weighted by Gasteiger charge is 2.33. The zero-order valence-corrected chi connectivity index (χ0v) is 11.2. The Morgan fingerprint density at radius 2 is 2.00 bits per heavy atom. The molecule has 0 unspecified atom stereocenters. The number of alkyl halides is 3. The molecule has 96 valence electrons. The molecule has 0 fully saturated rings. The van der Waals surface area contributed by atoms with Crippen LogP contribution >= 0.6 is 22.6 Å². The number of hydrogen-bond acceptors (Lipinski definition) is 4. The van der Waals surface area contributed by atoms with Gasteiger partial charge in [-0.15, -0.1) is 13.2 Å². The van der Waals surface area contributed by atoms with Gasteiger partial charge in [-0.05, 0) is 35.1 Å². The molecule has 1 aromatic heterocycles. The normalized spacial score (nSPS) is 12.6. The van der Waals surface area contributed by atoms with Crippen molar-refractivity contribution in [3.05, 3.63) is 15.3 Å². The zero-order valence-electron chi connectivity index (χ0n) is 8.25. The van der Waals surface area contributed by atoms with Crippen molar-refractivity contribution in [3.8, 4) is 5.88 Å². The molecule has 0 saturated carbocycles. The topological polar surface area (TPSA) is 82.3 Å². The van der Waals surface area contributed by atoms with Crippen molar-refractivity contribution in [2.75, 3.05) is 0 Å². The monoisotopic (exact) mass is 382 g/mol. The van der Waals surface area contributed by atoms with E-state index in [1.54, 1.807) is 0 Å². The lowest BCUT2D eigenvalue weighted by molar-refractivity contribution is -0.276. The number of hydrogen-bond donors (Lipinski definition) is 1. The molecule has 0 atom stereocenters. The van der Waals surface area contributed by atoms with Gasteiger partial charge in [0.15, 0.2) is 0 Å². The second-order valence-corrected chi connectivity index (χ2v) is 5.57. The molecule has 0 amide bonds. The summed E-state index contributed by atoms with van der Waals surface area (Å²) in [7, 11) is -4.02. The van der Waals surface area contributed by atoms with Gasteiger partial charge in [0.05, 0.1) is 9.77 Å². The van der Waals surface area contributed by atoms with Crippen molar-refractivity contribution in [3.63, 3.8) is 0 Å². The van der Waals surface area contributed by atoms with Crippen molar-refractivity contribution < 1.29 is 26.3 Å². The number of sulfonamides is 1. The summed E-state index contributed by atoms with van der Waals surface area (Å²) >= 11 is 1.50. The molecule has 1 aromatic rings. The van der Waals surface area contributed by atoms with E-state index in [4.69, 9.17) is 5.14 Å². The summed E-state index contributed by atoms with van der Waals surface area (Å²) in [6, 6.07) is 0. The van der Waals surface area contributed by atoms with Gasteiger partial charge in [-0.25, -0.2) is 18.5 Å². The largest absolute Gasteiger partial charge is 0.574 e. The molecule has 0 radical (unpaired) electrons. The first-order valence-corrected chi connectivity index (χ1v) is 6.58. The van der Waals surface area contributed by atoms with E-state index in [0.717, 1.165) is 6.20 Å². The number of halogens is 4. The smallest absolute Gasteiger partial charge is 0.387 e. The van der Waals surface area contributed by atoms with Crippen LogP contribution in [-0.4, -0.2) is 19.8 Å². The number of rotatable bonds is 2. The summed E-state index contributed by atoms with van der Waals surface area (Å²) in [5.74, 6) is -0.706. The maximum absolute atomic E-state index is 12.0. The Morgan fingerprint density at radius 1 is 1.47 bits per heavy atom. The third-order valence-electron chi connectivity index (χ3n) is 1.70. The molecule has 0 saturated heterocycles. The standard InChI is InChI=1S/C7H6F3IN2O3S/c1-3-4(17(12,14)15)2-13-6(5(3)11)16-7(8,9)10/h2H,1H3,(H2,12,14,15). The minimum Gasteiger partial charge on any atom is -0.387 e. The highest BCUT2D eigenvalue weighted by molar-refractivity contribution is 14.1. The lowest BCUT2D eigenvalue weighted by Gasteiger charge is -2.12. The third-order valence-corrected chi connectivity index (χ3v) is 4.00. The summed E-state index contributed by atoms with van der Waals surface area (Å²) in [5.41, 5.74) is 0.0577. The molecule has 0 aromatic carbocycles. The predicted octanol–water partition coefficient (Wildman–Crippen LogP) is 1.54. The van der Waals surface area contributed by atoms with Gasteiger partial charge in [-0.2, -0.15) is 0 Å². The van der Waals surface area contributed by atoms with Crippen molar-refractivity contribution in [1.29, 1.82) is 0 Å². The lowest BCUT2D eigenvalue weighted by Crippen LogP contribution is -2.20. The molecule has 0 aliphatic heterocycles. The number of nitrogens with two attached hydrogens (primary N) is 1. The second-order valence-electron chi connectivity index (χ2n) is 2.96. The maximum Gasteiger partial charge on any atom is 0.574 e. The quantitative estimate of drug-likeness (QED) is 0.787. The highest BCUT2D eigenvalue weighted by Crippen LogP contribution is 2.30. The summed E-state index contributed by atoms with van der Waals surface area (Å²) < 4.78 is 61.6. The van der Waals surface area contributed by atoms with E-state index in [1.165, 1.54) is 29.5 Å². The van der Waals surface area contributed by atoms with Crippen LogP contribution < -0.4 is 9.88 Å². The Morgan fingerprint density at radius 3 is 2.41 bits per heavy atom. The third kappa shape index (κ3) is 3.67. The molecule has 0 bridgehead atoms. The SMILES string of the molecule is Cc1c(S(N)(=O)=O)cnc(OC(F)(F)F)c1I. The summed E-state index contributed by atoms with van der Waals surface area (Å²) in [6.45, 7) is 1.31. The first-order valence-electron chi connectivity index (χ1n) is 3.96. The van der Waals surface area contributed by atoms with Crippen LogP contribution in [0.5, 0.6) is 5.88 Å². The van der Waals surface area contributed by atoms with Gasteiger partial charge in [0.25, 0.3) is 0 Å². The van der Waals surface area contributed by atoms with Crippen molar-refractivity contribution >= 4 is 32.6 Å². The molecule has 2 N–H and O–H groups in total. The van der Waals surface area contributed by atoms with E-state index in [1.807, 2.05) is 0 Å². The van der Waals surface area contributed by atoms with Crippen LogP contribution in [0.3, 0.4) is 0 Å². The Labute approximate surface area is 108 Å².